The second kappa shape index (κ2) is 8.19. The molecular formula is C20H18Cl2FNO2. The number of hydrogen-bond acceptors (Lipinski definition) is 2. The van der Waals surface area contributed by atoms with Crippen LogP contribution in [0, 0.1) is 5.82 Å². The Morgan fingerprint density at radius 1 is 1.04 bits per heavy atom. The second-order valence-electron chi connectivity index (χ2n) is 6.38. The predicted molar refractivity (Wildman–Crippen MR) is 100.0 cm³/mol. The lowest BCUT2D eigenvalue weighted by Gasteiger charge is -2.23. The monoisotopic (exact) mass is 393 g/mol. The van der Waals surface area contributed by atoms with Crippen LogP contribution in [0.25, 0.3) is 0 Å². The molecule has 2 aromatic carbocycles. The van der Waals surface area contributed by atoms with Gasteiger partial charge in [-0.3, -0.25) is 9.59 Å². The quantitative estimate of drug-likeness (QED) is 0.599. The SMILES string of the molecule is O=C(CCC(=O)N(Cc1c(F)cccc1Cl)C1CC1)c1ccc(Cl)cc1. The highest BCUT2D eigenvalue weighted by molar-refractivity contribution is 6.31. The molecule has 3 nitrogen and oxygen atoms in total. The number of benzene rings is 2. The Bertz CT molecular complexity index is 799. The van der Waals surface area contributed by atoms with Gasteiger partial charge in [-0.1, -0.05) is 29.3 Å². The Balaban J connectivity index is 1.64. The third-order valence-corrected chi connectivity index (χ3v) is 5.04. The van der Waals surface area contributed by atoms with Crippen molar-refractivity contribution in [2.24, 2.45) is 0 Å². The summed E-state index contributed by atoms with van der Waals surface area (Å²) in [6, 6.07) is 11.2. The molecule has 1 aliphatic carbocycles. The number of rotatable bonds is 7. The van der Waals surface area contributed by atoms with Crippen LogP contribution in [0.2, 0.25) is 10.0 Å². The highest BCUT2D eigenvalue weighted by Gasteiger charge is 2.33. The van der Waals surface area contributed by atoms with Crippen molar-refractivity contribution in [3.05, 3.63) is 69.5 Å². The molecule has 1 fully saturated rings. The fourth-order valence-electron chi connectivity index (χ4n) is 2.81. The first-order chi connectivity index (χ1) is 12.5. The maximum Gasteiger partial charge on any atom is 0.223 e. The number of carbonyl (C=O) groups excluding carboxylic acids is 2. The van der Waals surface area contributed by atoms with Crippen LogP contribution >= 0.6 is 23.2 Å². The van der Waals surface area contributed by atoms with E-state index in [2.05, 4.69) is 0 Å². The van der Waals surface area contributed by atoms with Crippen molar-refractivity contribution in [3.63, 3.8) is 0 Å². The molecule has 0 saturated heterocycles. The van der Waals surface area contributed by atoms with Crippen LogP contribution in [-0.2, 0) is 11.3 Å². The van der Waals surface area contributed by atoms with Gasteiger partial charge in [-0.25, -0.2) is 4.39 Å². The normalized spacial score (nSPS) is 13.5. The highest BCUT2D eigenvalue weighted by Crippen LogP contribution is 2.31. The second-order valence-corrected chi connectivity index (χ2v) is 7.23. The minimum atomic E-state index is -0.423. The van der Waals surface area contributed by atoms with E-state index in [-0.39, 0.29) is 37.1 Å². The molecule has 6 heteroatoms. The molecule has 0 radical (unpaired) electrons. The molecular weight excluding hydrogens is 376 g/mol. The van der Waals surface area contributed by atoms with Gasteiger partial charge in [0.05, 0.1) is 6.54 Å². The first kappa shape index (κ1) is 18.9. The van der Waals surface area contributed by atoms with Gasteiger partial charge in [-0.05, 0) is 49.2 Å². The first-order valence-corrected chi connectivity index (χ1v) is 9.22. The van der Waals surface area contributed by atoms with Crippen molar-refractivity contribution in [2.45, 2.75) is 38.3 Å². The molecule has 1 saturated carbocycles. The van der Waals surface area contributed by atoms with Crippen molar-refractivity contribution < 1.29 is 14.0 Å². The molecule has 136 valence electrons. The summed E-state index contributed by atoms with van der Waals surface area (Å²) in [5.41, 5.74) is 0.843. The number of ketones is 1. The van der Waals surface area contributed by atoms with Crippen LogP contribution in [0.4, 0.5) is 4.39 Å². The molecule has 0 aliphatic heterocycles. The van der Waals surface area contributed by atoms with E-state index in [1.807, 2.05) is 0 Å². The van der Waals surface area contributed by atoms with Crippen LogP contribution in [0.3, 0.4) is 0 Å². The molecule has 0 N–H and O–H groups in total. The molecule has 0 atom stereocenters. The molecule has 1 amide bonds. The van der Waals surface area contributed by atoms with E-state index < -0.39 is 5.82 Å². The van der Waals surface area contributed by atoms with Gasteiger partial charge in [0.15, 0.2) is 5.78 Å². The Morgan fingerprint density at radius 2 is 1.73 bits per heavy atom. The zero-order valence-electron chi connectivity index (χ0n) is 14.1. The summed E-state index contributed by atoms with van der Waals surface area (Å²) < 4.78 is 14.0. The third-order valence-electron chi connectivity index (χ3n) is 4.43. The highest BCUT2D eigenvalue weighted by atomic mass is 35.5. The van der Waals surface area contributed by atoms with Gasteiger partial charge in [0.2, 0.25) is 5.91 Å². The van der Waals surface area contributed by atoms with Crippen molar-refractivity contribution in [2.75, 3.05) is 0 Å². The minimum absolute atomic E-state index is 0.0873. The molecule has 2 aromatic rings. The number of carbonyl (C=O) groups is 2. The summed E-state index contributed by atoms with van der Waals surface area (Å²) in [4.78, 5) is 26.5. The Hall–Kier alpha value is -1.91. The Labute approximate surface area is 161 Å². The molecule has 0 heterocycles. The van der Waals surface area contributed by atoms with E-state index in [4.69, 9.17) is 23.2 Å². The van der Waals surface area contributed by atoms with Crippen molar-refractivity contribution in [3.8, 4) is 0 Å². The molecule has 0 aromatic heterocycles. The van der Waals surface area contributed by atoms with Gasteiger partial charge in [-0.15, -0.1) is 0 Å². The van der Waals surface area contributed by atoms with Gasteiger partial charge in [0, 0.05) is 40.1 Å². The van der Waals surface area contributed by atoms with Crippen molar-refractivity contribution in [1.29, 1.82) is 0 Å². The first-order valence-electron chi connectivity index (χ1n) is 8.47. The van der Waals surface area contributed by atoms with E-state index in [0.29, 0.717) is 21.2 Å². The van der Waals surface area contributed by atoms with Gasteiger partial charge in [0.1, 0.15) is 5.82 Å². The van der Waals surface area contributed by atoms with Crippen LogP contribution < -0.4 is 0 Å². The van der Waals surface area contributed by atoms with Gasteiger partial charge >= 0.3 is 0 Å². The zero-order valence-corrected chi connectivity index (χ0v) is 15.6. The molecule has 0 bridgehead atoms. The maximum atomic E-state index is 14.0. The lowest BCUT2D eigenvalue weighted by atomic mass is 10.1. The fraction of sp³-hybridized carbons (Fsp3) is 0.300. The Kier molecular flexibility index (Phi) is 5.94. The fourth-order valence-corrected chi connectivity index (χ4v) is 3.15. The average Bonchev–Trinajstić information content (AvgIpc) is 3.45. The van der Waals surface area contributed by atoms with Crippen molar-refractivity contribution in [1.82, 2.24) is 4.90 Å². The lowest BCUT2D eigenvalue weighted by molar-refractivity contribution is -0.132. The number of Topliss-reactive ketones (excluding diaryl/α,β-unsaturated/α-hetero) is 1. The standard InChI is InChI=1S/C20H18Cl2FNO2/c21-14-6-4-13(5-7-14)19(25)10-11-20(26)24(15-8-9-15)12-16-17(22)2-1-3-18(16)23/h1-7,15H,8-12H2. The van der Waals surface area contributed by atoms with Crippen molar-refractivity contribution >= 4 is 34.9 Å². The summed E-state index contributed by atoms with van der Waals surface area (Å²) in [7, 11) is 0. The van der Waals surface area contributed by atoms with E-state index in [1.54, 1.807) is 35.2 Å². The number of nitrogens with zero attached hydrogens (tertiary/aromatic N) is 1. The topological polar surface area (TPSA) is 37.4 Å². The maximum absolute atomic E-state index is 14.0. The van der Waals surface area contributed by atoms with E-state index >= 15 is 0 Å². The van der Waals surface area contributed by atoms with E-state index in [1.165, 1.54) is 12.1 Å². The van der Waals surface area contributed by atoms with Crippen LogP contribution in [0.1, 0.15) is 41.6 Å². The summed E-state index contributed by atoms with van der Waals surface area (Å²) in [5, 5.41) is 0.861. The van der Waals surface area contributed by atoms with Gasteiger partial charge < -0.3 is 4.90 Å². The third kappa shape index (κ3) is 4.63. The number of hydrogen-bond donors (Lipinski definition) is 0. The van der Waals surface area contributed by atoms with Crippen LogP contribution in [-0.4, -0.2) is 22.6 Å². The van der Waals surface area contributed by atoms with E-state index in [9.17, 15) is 14.0 Å². The summed E-state index contributed by atoms with van der Waals surface area (Å²) in [5.74, 6) is -0.697. The molecule has 0 spiro atoms. The largest absolute Gasteiger partial charge is 0.335 e. The van der Waals surface area contributed by atoms with Gasteiger partial charge in [-0.2, -0.15) is 0 Å². The Morgan fingerprint density at radius 3 is 2.35 bits per heavy atom. The smallest absolute Gasteiger partial charge is 0.223 e. The summed E-state index contributed by atoms with van der Waals surface area (Å²) >= 11 is 11.9. The molecule has 1 aliphatic rings. The summed E-state index contributed by atoms with van der Waals surface area (Å²) in [6.07, 6.45) is 1.98. The number of amides is 1. The van der Waals surface area contributed by atoms with Gasteiger partial charge in [0.25, 0.3) is 0 Å². The minimum Gasteiger partial charge on any atom is -0.335 e. The predicted octanol–water partition coefficient (Wildman–Crippen LogP) is 5.29. The molecule has 26 heavy (non-hydrogen) atoms. The number of halogens is 3. The lowest BCUT2D eigenvalue weighted by Crippen LogP contribution is -2.33. The average molecular weight is 394 g/mol. The summed E-state index contributed by atoms with van der Waals surface area (Å²) in [6.45, 7) is 0.129. The van der Waals surface area contributed by atoms with E-state index in [0.717, 1.165) is 12.8 Å². The molecule has 0 unspecified atom stereocenters. The molecule has 3 rings (SSSR count). The van der Waals surface area contributed by atoms with Crippen LogP contribution in [0.15, 0.2) is 42.5 Å². The zero-order chi connectivity index (χ0) is 18.7. The van der Waals surface area contributed by atoms with Crippen LogP contribution in [0.5, 0.6) is 0 Å².